The summed E-state index contributed by atoms with van der Waals surface area (Å²) in [6, 6.07) is 12.0. The van der Waals surface area contributed by atoms with Gasteiger partial charge in [0.25, 0.3) is 5.56 Å². The molecule has 0 atom stereocenters. The van der Waals surface area contributed by atoms with E-state index in [0.717, 1.165) is 16.1 Å². The van der Waals surface area contributed by atoms with Crippen LogP contribution < -0.4 is 19.8 Å². The van der Waals surface area contributed by atoms with Crippen molar-refractivity contribution in [3.05, 3.63) is 79.6 Å². The molecule has 0 amide bonds. The highest BCUT2D eigenvalue weighted by Crippen LogP contribution is 2.17. The van der Waals surface area contributed by atoms with Gasteiger partial charge in [0.2, 0.25) is 0 Å². The molecule has 0 aliphatic carbocycles. The van der Waals surface area contributed by atoms with E-state index >= 15 is 0 Å². The maximum atomic E-state index is 12.7. The van der Waals surface area contributed by atoms with Gasteiger partial charge in [0.05, 0.1) is 4.53 Å². The summed E-state index contributed by atoms with van der Waals surface area (Å²) in [5, 5.41) is 0. The molecule has 3 heterocycles. The van der Waals surface area contributed by atoms with E-state index in [-0.39, 0.29) is 5.56 Å². The molecule has 0 bridgehead atoms. The van der Waals surface area contributed by atoms with Crippen molar-refractivity contribution in [2.24, 2.45) is 4.99 Å². The molecule has 2 aromatic heterocycles. The quantitative estimate of drug-likeness (QED) is 0.713. The van der Waals surface area contributed by atoms with Crippen LogP contribution in [0, 0.1) is 6.92 Å². The maximum absolute atomic E-state index is 12.7. The zero-order chi connectivity index (χ0) is 16.5. The number of hydrogen-bond donors (Lipinski definition) is 0. The number of nitrogens with zero attached hydrogens (tertiary/aromatic N) is 4. The van der Waals surface area contributed by atoms with E-state index in [9.17, 15) is 4.79 Å². The Bertz CT molecular complexity index is 1050. The molecule has 0 radical (unpaired) electrons. The highest BCUT2D eigenvalue weighted by molar-refractivity contribution is 7.07. The van der Waals surface area contributed by atoms with E-state index < -0.39 is 0 Å². The Morgan fingerprint density at radius 2 is 2.04 bits per heavy atom. The van der Waals surface area contributed by atoms with Crippen molar-refractivity contribution in [2.75, 3.05) is 11.6 Å². The Hall–Kier alpha value is -2.73. The lowest BCUT2D eigenvalue weighted by Gasteiger charge is -2.25. The van der Waals surface area contributed by atoms with Crippen molar-refractivity contribution in [1.82, 2.24) is 9.55 Å². The van der Waals surface area contributed by atoms with E-state index in [1.807, 2.05) is 24.3 Å². The van der Waals surface area contributed by atoms with Gasteiger partial charge in [0.1, 0.15) is 13.3 Å². The molecule has 6 heteroatoms. The average Bonchev–Trinajstić information content (AvgIpc) is 2.91. The second-order valence-electron chi connectivity index (χ2n) is 5.73. The summed E-state index contributed by atoms with van der Waals surface area (Å²) in [5.41, 5.74) is 3.26. The molecule has 1 aromatic carbocycles. The van der Waals surface area contributed by atoms with Crippen LogP contribution in [-0.2, 0) is 6.67 Å². The van der Waals surface area contributed by atoms with Gasteiger partial charge in [-0.2, -0.15) is 0 Å². The Balaban J connectivity index is 1.73. The number of fused-ring (bicyclic) bond motifs is 1. The molecular weight excluding hydrogens is 320 g/mol. The van der Waals surface area contributed by atoms with Crippen molar-refractivity contribution in [3.63, 3.8) is 0 Å². The number of hydrogen-bond acceptors (Lipinski definition) is 5. The molecule has 0 saturated carbocycles. The molecule has 120 valence electrons. The SMILES string of the molecule is Cc1cccc(N2CN=c3s/c(=C\c4ccncc4)c(=O)n3C2)c1. The smallest absolute Gasteiger partial charge is 0.271 e. The molecule has 1 aliphatic heterocycles. The number of anilines is 1. The first-order chi connectivity index (χ1) is 11.7. The number of thiazole rings is 1. The molecule has 0 spiro atoms. The van der Waals surface area contributed by atoms with Crippen LogP contribution in [0.3, 0.4) is 0 Å². The summed E-state index contributed by atoms with van der Waals surface area (Å²) in [4.78, 5) is 24.2. The fourth-order valence-electron chi connectivity index (χ4n) is 2.71. The molecule has 3 aromatic rings. The molecule has 0 saturated heterocycles. The molecule has 24 heavy (non-hydrogen) atoms. The molecule has 5 nitrogen and oxygen atoms in total. The third kappa shape index (κ3) is 2.76. The highest BCUT2D eigenvalue weighted by atomic mass is 32.1. The summed E-state index contributed by atoms with van der Waals surface area (Å²) in [5.74, 6) is 0. The lowest BCUT2D eigenvalue weighted by atomic mass is 10.2. The van der Waals surface area contributed by atoms with E-state index in [1.165, 1.54) is 16.9 Å². The second-order valence-corrected chi connectivity index (χ2v) is 6.74. The van der Waals surface area contributed by atoms with Crippen LogP contribution in [0.4, 0.5) is 5.69 Å². The summed E-state index contributed by atoms with van der Waals surface area (Å²) in [6.07, 6.45) is 5.34. The Labute approximate surface area is 142 Å². The summed E-state index contributed by atoms with van der Waals surface area (Å²) >= 11 is 1.44. The van der Waals surface area contributed by atoms with Crippen LogP contribution >= 0.6 is 11.3 Å². The Morgan fingerprint density at radius 1 is 1.21 bits per heavy atom. The van der Waals surface area contributed by atoms with Crippen LogP contribution in [0.5, 0.6) is 0 Å². The molecule has 0 fully saturated rings. The van der Waals surface area contributed by atoms with Gasteiger partial charge in [0, 0.05) is 18.1 Å². The topological polar surface area (TPSA) is 50.5 Å². The van der Waals surface area contributed by atoms with Crippen LogP contribution in [0.2, 0.25) is 0 Å². The van der Waals surface area contributed by atoms with Gasteiger partial charge in [0.15, 0.2) is 4.80 Å². The van der Waals surface area contributed by atoms with Crippen molar-refractivity contribution in [1.29, 1.82) is 0 Å². The third-order valence-electron chi connectivity index (χ3n) is 3.95. The van der Waals surface area contributed by atoms with Crippen molar-refractivity contribution < 1.29 is 0 Å². The number of rotatable bonds is 2. The van der Waals surface area contributed by atoms with Crippen LogP contribution in [0.15, 0.2) is 58.6 Å². The van der Waals surface area contributed by atoms with Crippen LogP contribution in [0.25, 0.3) is 6.08 Å². The first kappa shape index (κ1) is 14.8. The standard InChI is InChI=1S/C18H16N4OS/c1-13-3-2-4-15(9-13)21-11-20-18-22(12-21)17(23)16(24-18)10-14-5-7-19-8-6-14/h2-10H,11-12H2,1H3/b16-10-. The van der Waals surface area contributed by atoms with Gasteiger partial charge < -0.3 is 4.90 Å². The number of aryl methyl sites for hydroxylation is 1. The molecule has 0 N–H and O–H groups in total. The zero-order valence-electron chi connectivity index (χ0n) is 13.2. The van der Waals surface area contributed by atoms with Crippen LogP contribution in [0.1, 0.15) is 11.1 Å². The lowest BCUT2D eigenvalue weighted by molar-refractivity contribution is 0.569. The predicted octanol–water partition coefficient (Wildman–Crippen LogP) is 1.50. The first-order valence-electron chi connectivity index (χ1n) is 7.68. The maximum Gasteiger partial charge on any atom is 0.271 e. The fourth-order valence-corrected chi connectivity index (χ4v) is 3.67. The summed E-state index contributed by atoms with van der Waals surface area (Å²) in [7, 11) is 0. The van der Waals surface area contributed by atoms with Gasteiger partial charge in [-0.25, -0.2) is 4.99 Å². The Kier molecular flexibility index (Phi) is 3.74. The monoisotopic (exact) mass is 336 g/mol. The Morgan fingerprint density at radius 3 is 2.83 bits per heavy atom. The lowest BCUT2D eigenvalue weighted by Crippen LogP contribution is -2.42. The van der Waals surface area contributed by atoms with E-state index in [1.54, 1.807) is 17.0 Å². The third-order valence-corrected chi connectivity index (χ3v) is 4.99. The van der Waals surface area contributed by atoms with Crippen molar-refractivity contribution in [2.45, 2.75) is 13.6 Å². The van der Waals surface area contributed by atoms with Crippen molar-refractivity contribution in [3.8, 4) is 0 Å². The zero-order valence-corrected chi connectivity index (χ0v) is 14.0. The minimum absolute atomic E-state index is 0.00733. The molecule has 4 rings (SSSR count). The van der Waals surface area contributed by atoms with E-state index in [4.69, 9.17) is 0 Å². The van der Waals surface area contributed by atoms with Gasteiger partial charge in [-0.05, 0) is 48.4 Å². The second kappa shape index (κ2) is 6.05. The number of benzene rings is 1. The summed E-state index contributed by atoms with van der Waals surface area (Å²) < 4.78 is 2.44. The minimum Gasteiger partial charge on any atom is -0.334 e. The normalized spacial score (nSPS) is 14.4. The van der Waals surface area contributed by atoms with Gasteiger partial charge in [-0.3, -0.25) is 14.3 Å². The molecular formula is C18H16N4OS. The largest absolute Gasteiger partial charge is 0.334 e. The fraction of sp³-hybridized carbons (Fsp3) is 0.167. The molecule has 1 aliphatic rings. The van der Waals surface area contributed by atoms with Crippen molar-refractivity contribution >= 4 is 23.1 Å². The molecule has 0 unspecified atom stereocenters. The minimum atomic E-state index is 0.00733. The van der Waals surface area contributed by atoms with E-state index in [0.29, 0.717) is 17.9 Å². The number of aromatic nitrogens is 2. The average molecular weight is 336 g/mol. The van der Waals surface area contributed by atoms with E-state index in [2.05, 4.69) is 40.0 Å². The first-order valence-corrected chi connectivity index (χ1v) is 8.50. The van der Waals surface area contributed by atoms with Gasteiger partial charge in [-0.15, -0.1) is 0 Å². The van der Waals surface area contributed by atoms with Gasteiger partial charge >= 0.3 is 0 Å². The predicted molar refractivity (Wildman–Crippen MR) is 95.7 cm³/mol. The summed E-state index contributed by atoms with van der Waals surface area (Å²) in [6.45, 7) is 3.16. The van der Waals surface area contributed by atoms with Crippen LogP contribution in [-0.4, -0.2) is 16.2 Å². The number of pyridine rings is 1. The van der Waals surface area contributed by atoms with Gasteiger partial charge in [-0.1, -0.05) is 23.5 Å². The highest BCUT2D eigenvalue weighted by Gasteiger charge is 2.15.